The Morgan fingerprint density at radius 2 is 2.07 bits per heavy atom. The van der Waals surface area contributed by atoms with Crippen molar-refractivity contribution in [1.82, 2.24) is 9.55 Å². The molecule has 5 nitrogen and oxygen atoms in total. The first kappa shape index (κ1) is 19.1. The lowest BCUT2D eigenvalue weighted by Gasteiger charge is -2.23. The fourth-order valence-electron chi connectivity index (χ4n) is 3.75. The standard InChI is InChI=1S/C20H19ClFN3O2S/c1-11-16(19(26)24-15-8-7-12(22)9-14(15)21)17-18(28-11)20(27)25(10-23-17)13-5-3-2-4-6-13/h7-10,13H,2-6H2,1H3,(H,24,26). The van der Waals surface area contributed by atoms with Gasteiger partial charge in [0.15, 0.2) is 0 Å². The zero-order valence-electron chi connectivity index (χ0n) is 15.3. The van der Waals surface area contributed by atoms with Gasteiger partial charge in [0.1, 0.15) is 16.0 Å². The summed E-state index contributed by atoms with van der Waals surface area (Å²) in [4.78, 5) is 31.0. The first-order valence-corrected chi connectivity index (χ1v) is 10.4. The normalized spacial score (nSPS) is 15.1. The maximum Gasteiger partial charge on any atom is 0.271 e. The highest BCUT2D eigenvalue weighted by atomic mass is 35.5. The van der Waals surface area contributed by atoms with Crippen LogP contribution >= 0.6 is 22.9 Å². The summed E-state index contributed by atoms with van der Waals surface area (Å²) < 4.78 is 15.4. The fraction of sp³-hybridized carbons (Fsp3) is 0.350. The molecule has 0 saturated heterocycles. The molecule has 1 N–H and O–H groups in total. The SMILES string of the molecule is Cc1sc2c(=O)n(C3CCCCC3)cnc2c1C(=O)Nc1ccc(F)cc1Cl. The number of halogens is 2. The number of carbonyl (C=O) groups excluding carboxylic acids is 1. The van der Waals surface area contributed by atoms with Crippen molar-refractivity contribution in [2.24, 2.45) is 0 Å². The molecule has 0 radical (unpaired) electrons. The van der Waals surface area contributed by atoms with E-state index in [2.05, 4.69) is 10.3 Å². The zero-order valence-corrected chi connectivity index (χ0v) is 16.9. The molecule has 0 atom stereocenters. The van der Waals surface area contributed by atoms with Gasteiger partial charge in [0.2, 0.25) is 0 Å². The van der Waals surface area contributed by atoms with E-state index in [4.69, 9.17) is 11.6 Å². The Morgan fingerprint density at radius 3 is 2.79 bits per heavy atom. The van der Waals surface area contributed by atoms with Crippen LogP contribution in [0.2, 0.25) is 5.02 Å². The van der Waals surface area contributed by atoms with Crippen LogP contribution in [0.3, 0.4) is 0 Å². The van der Waals surface area contributed by atoms with Crippen molar-refractivity contribution in [2.45, 2.75) is 45.1 Å². The third-order valence-corrected chi connectivity index (χ3v) is 6.57. The number of hydrogen-bond donors (Lipinski definition) is 1. The molecule has 1 aliphatic carbocycles. The Bertz CT molecular complexity index is 1120. The van der Waals surface area contributed by atoms with Gasteiger partial charge >= 0.3 is 0 Å². The van der Waals surface area contributed by atoms with Crippen LogP contribution in [0.5, 0.6) is 0 Å². The summed E-state index contributed by atoms with van der Waals surface area (Å²) in [5.74, 6) is -0.898. The van der Waals surface area contributed by atoms with Crippen molar-refractivity contribution in [3.63, 3.8) is 0 Å². The van der Waals surface area contributed by atoms with Gasteiger partial charge in [0, 0.05) is 10.9 Å². The first-order valence-electron chi connectivity index (χ1n) is 9.22. The highest BCUT2D eigenvalue weighted by Crippen LogP contribution is 2.31. The number of carbonyl (C=O) groups is 1. The largest absolute Gasteiger partial charge is 0.321 e. The van der Waals surface area contributed by atoms with Gasteiger partial charge < -0.3 is 5.32 Å². The van der Waals surface area contributed by atoms with Crippen LogP contribution < -0.4 is 10.9 Å². The quantitative estimate of drug-likeness (QED) is 0.625. The summed E-state index contributed by atoms with van der Waals surface area (Å²) in [6, 6.07) is 3.94. The molecule has 0 spiro atoms. The Labute approximate surface area is 170 Å². The molecular formula is C20H19ClFN3O2S. The second-order valence-electron chi connectivity index (χ2n) is 7.04. The first-order chi connectivity index (χ1) is 13.5. The highest BCUT2D eigenvalue weighted by molar-refractivity contribution is 7.19. The van der Waals surface area contributed by atoms with Gasteiger partial charge in [-0.15, -0.1) is 11.3 Å². The lowest BCUT2D eigenvalue weighted by molar-refractivity contribution is 0.102. The van der Waals surface area contributed by atoms with Crippen molar-refractivity contribution in [2.75, 3.05) is 5.32 Å². The van der Waals surface area contributed by atoms with Crippen LogP contribution in [0.25, 0.3) is 10.2 Å². The van der Waals surface area contributed by atoms with Gasteiger partial charge in [-0.2, -0.15) is 0 Å². The Morgan fingerprint density at radius 1 is 1.32 bits per heavy atom. The molecule has 28 heavy (non-hydrogen) atoms. The predicted octanol–water partition coefficient (Wildman–Crippen LogP) is 5.32. The van der Waals surface area contributed by atoms with Crippen molar-refractivity contribution < 1.29 is 9.18 Å². The van der Waals surface area contributed by atoms with Crippen molar-refractivity contribution in [3.05, 3.63) is 56.2 Å². The summed E-state index contributed by atoms with van der Waals surface area (Å²) in [7, 11) is 0. The number of benzene rings is 1. The second-order valence-corrected chi connectivity index (χ2v) is 8.67. The summed E-state index contributed by atoms with van der Waals surface area (Å²) in [5, 5.41) is 2.80. The molecule has 1 aliphatic rings. The van der Waals surface area contributed by atoms with E-state index in [0.29, 0.717) is 26.3 Å². The van der Waals surface area contributed by atoms with E-state index in [1.54, 1.807) is 17.8 Å². The van der Waals surface area contributed by atoms with Gasteiger partial charge in [-0.25, -0.2) is 9.37 Å². The average Bonchev–Trinajstić information content (AvgIpc) is 3.02. The van der Waals surface area contributed by atoms with Gasteiger partial charge in [0.05, 0.1) is 22.6 Å². The molecule has 3 aromatic rings. The van der Waals surface area contributed by atoms with Gasteiger partial charge in [-0.3, -0.25) is 14.2 Å². The minimum atomic E-state index is -0.481. The van der Waals surface area contributed by atoms with Gasteiger partial charge in [0.25, 0.3) is 11.5 Å². The van der Waals surface area contributed by atoms with E-state index in [9.17, 15) is 14.0 Å². The fourth-order valence-corrected chi connectivity index (χ4v) is 5.01. The second kappa shape index (κ2) is 7.64. The molecule has 8 heteroatoms. The van der Waals surface area contributed by atoms with Gasteiger partial charge in [-0.1, -0.05) is 30.9 Å². The van der Waals surface area contributed by atoms with Crippen LogP contribution in [0.15, 0.2) is 29.3 Å². The lowest BCUT2D eigenvalue weighted by atomic mass is 9.95. The number of thiophene rings is 1. The Kier molecular flexibility index (Phi) is 5.21. The molecule has 4 rings (SSSR count). The number of aromatic nitrogens is 2. The summed E-state index contributed by atoms with van der Waals surface area (Å²) in [6.45, 7) is 1.79. The number of anilines is 1. The molecule has 0 aliphatic heterocycles. The maximum absolute atomic E-state index is 13.2. The summed E-state index contributed by atoms with van der Waals surface area (Å²) in [5.41, 5.74) is 0.967. The molecule has 0 bridgehead atoms. The summed E-state index contributed by atoms with van der Waals surface area (Å²) in [6.07, 6.45) is 6.96. The topological polar surface area (TPSA) is 64.0 Å². The number of nitrogens with zero attached hydrogens (tertiary/aromatic N) is 2. The van der Waals surface area contributed by atoms with Crippen LogP contribution in [0.4, 0.5) is 10.1 Å². The van der Waals surface area contributed by atoms with E-state index >= 15 is 0 Å². The van der Waals surface area contributed by atoms with E-state index in [-0.39, 0.29) is 16.6 Å². The highest BCUT2D eigenvalue weighted by Gasteiger charge is 2.23. The molecule has 2 heterocycles. The third kappa shape index (κ3) is 3.44. The van der Waals surface area contributed by atoms with Crippen LogP contribution in [-0.2, 0) is 0 Å². The molecule has 0 unspecified atom stereocenters. The molecule has 1 fully saturated rings. The van der Waals surface area contributed by atoms with Crippen LogP contribution in [0, 0.1) is 12.7 Å². The molecule has 1 amide bonds. The number of nitrogens with one attached hydrogen (secondary N) is 1. The Balaban J connectivity index is 1.71. The molecular weight excluding hydrogens is 401 g/mol. The van der Waals surface area contributed by atoms with Crippen LogP contribution in [-0.4, -0.2) is 15.5 Å². The van der Waals surface area contributed by atoms with Crippen LogP contribution in [0.1, 0.15) is 53.4 Å². The molecule has 2 aromatic heterocycles. The number of aryl methyl sites for hydroxylation is 1. The van der Waals surface area contributed by atoms with Gasteiger partial charge in [-0.05, 0) is 38.0 Å². The monoisotopic (exact) mass is 419 g/mol. The predicted molar refractivity (Wildman–Crippen MR) is 110 cm³/mol. The van der Waals surface area contributed by atoms with Crippen molar-refractivity contribution in [1.29, 1.82) is 0 Å². The third-order valence-electron chi connectivity index (χ3n) is 5.17. The number of fused-ring (bicyclic) bond motifs is 1. The van der Waals surface area contributed by atoms with Crippen molar-refractivity contribution in [3.8, 4) is 0 Å². The average molecular weight is 420 g/mol. The number of hydrogen-bond acceptors (Lipinski definition) is 4. The smallest absolute Gasteiger partial charge is 0.271 e. The minimum absolute atomic E-state index is 0.0936. The van der Waals surface area contributed by atoms with E-state index < -0.39 is 11.7 Å². The summed E-state index contributed by atoms with van der Waals surface area (Å²) >= 11 is 7.28. The maximum atomic E-state index is 13.2. The number of amides is 1. The lowest BCUT2D eigenvalue weighted by Crippen LogP contribution is -2.26. The van der Waals surface area contributed by atoms with E-state index in [0.717, 1.165) is 31.7 Å². The molecule has 146 valence electrons. The molecule has 1 saturated carbocycles. The Hall–Kier alpha value is -2.25. The molecule has 1 aromatic carbocycles. The minimum Gasteiger partial charge on any atom is -0.321 e. The zero-order chi connectivity index (χ0) is 19.8. The van der Waals surface area contributed by atoms with E-state index in [1.807, 2.05) is 0 Å². The van der Waals surface area contributed by atoms with E-state index in [1.165, 1.54) is 29.9 Å². The van der Waals surface area contributed by atoms with Crippen molar-refractivity contribution >= 4 is 44.7 Å². The number of rotatable bonds is 3.